The number of benzene rings is 2. The molecule has 0 bridgehead atoms. The summed E-state index contributed by atoms with van der Waals surface area (Å²) in [5.41, 5.74) is 2.34. The number of anilines is 1. The third-order valence-electron chi connectivity index (χ3n) is 5.52. The Bertz CT molecular complexity index is 843. The minimum absolute atomic E-state index is 0.218. The number of methoxy groups -OCH3 is 2. The second kappa shape index (κ2) is 12.6. The summed E-state index contributed by atoms with van der Waals surface area (Å²) in [5.74, 6) is 2.85. The Morgan fingerprint density at radius 2 is 1.87 bits per heavy atom. The van der Waals surface area contributed by atoms with Crippen molar-refractivity contribution < 1.29 is 14.3 Å². The van der Waals surface area contributed by atoms with Crippen LogP contribution < -0.4 is 19.7 Å². The third kappa shape index (κ3) is 6.91. The number of nitrogens with one attached hydrogen (secondary N) is 1. The molecule has 0 atom stereocenters. The van der Waals surface area contributed by atoms with Gasteiger partial charge in [0.05, 0.1) is 19.9 Å². The fourth-order valence-corrected chi connectivity index (χ4v) is 4.83. The Labute approximate surface area is 190 Å². The number of para-hydroxylation sites is 1. The number of carbonyl (C=O) groups excluding carboxylic acids is 1. The topological polar surface area (TPSA) is 50.8 Å². The van der Waals surface area contributed by atoms with Gasteiger partial charge in [-0.15, -0.1) is 11.8 Å². The van der Waals surface area contributed by atoms with Crippen molar-refractivity contribution >= 4 is 23.4 Å². The molecule has 0 saturated carbocycles. The van der Waals surface area contributed by atoms with E-state index in [2.05, 4.69) is 29.6 Å². The molecule has 168 valence electrons. The van der Waals surface area contributed by atoms with Gasteiger partial charge in [-0.3, -0.25) is 4.79 Å². The molecule has 2 aromatic rings. The maximum Gasteiger partial charge on any atom is 0.228 e. The SMILES string of the molecule is COc1ccc(CCCCCNCCC(=O)N2CCCSc3ccccc32)cc1OC. The molecule has 0 radical (unpaired) electrons. The van der Waals surface area contributed by atoms with E-state index in [1.807, 2.05) is 34.9 Å². The maximum absolute atomic E-state index is 12.8. The Balaban J connectivity index is 1.31. The summed E-state index contributed by atoms with van der Waals surface area (Å²) < 4.78 is 10.7. The Morgan fingerprint density at radius 1 is 1.03 bits per heavy atom. The molecule has 1 aliphatic rings. The second-order valence-corrected chi connectivity index (χ2v) is 8.85. The first-order valence-electron chi connectivity index (χ1n) is 11.2. The van der Waals surface area contributed by atoms with Crippen LogP contribution in [-0.4, -0.2) is 45.5 Å². The fraction of sp³-hybridized carbons (Fsp3) is 0.480. The number of rotatable bonds is 11. The van der Waals surface area contributed by atoms with E-state index in [-0.39, 0.29) is 5.91 Å². The zero-order valence-electron chi connectivity index (χ0n) is 18.7. The van der Waals surface area contributed by atoms with Gasteiger partial charge in [0.25, 0.3) is 0 Å². The van der Waals surface area contributed by atoms with E-state index in [9.17, 15) is 4.79 Å². The number of nitrogens with zero attached hydrogens (tertiary/aromatic N) is 1. The highest BCUT2D eigenvalue weighted by Gasteiger charge is 2.20. The maximum atomic E-state index is 12.8. The largest absolute Gasteiger partial charge is 0.493 e. The zero-order chi connectivity index (χ0) is 21.9. The smallest absolute Gasteiger partial charge is 0.228 e. The lowest BCUT2D eigenvalue weighted by Crippen LogP contribution is -2.34. The summed E-state index contributed by atoms with van der Waals surface area (Å²) in [5, 5.41) is 3.44. The standard InChI is InChI=1S/C25H34N2O3S/c1-29-22-13-12-20(19-23(22)30-2)9-4-3-7-15-26-16-14-25(28)27-17-8-18-31-24-11-6-5-10-21(24)27/h5-6,10-13,19,26H,3-4,7-9,14-18H2,1-2H3. The van der Waals surface area contributed by atoms with E-state index in [4.69, 9.17) is 9.47 Å². The molecule has 0 unspecified atom stereocenters. The molecule has 1 heterocycles. The lowest BCUT2D eigenvalue weighted by atomic mass is 10.1. The summed E-state index contributed by atoms with van der Waals surface area (Å²) in [6, 6.07) is 14.4. The van der Waals surface area contributed by atoms with E-state index in [1.165, 1.54) is 10.5 Å². The van der Waals surface area contributed by atoms with Crippen LogP contribution in [0.25, 0.3) is 0 Å². The monoisotopic (exact) mass is 442 g/mol. The van der Waals surface area contributed by atoms with Gasteiger partial charge in [-0.05, 0) is 67.8 Å². The Hall–Kier alpha value is -2.18. The molecular formula is C25H34N2O3S. The van der Waals surface area contributed by atoms with Gasteiger partial charge in [0.2, 0.25) is 5.91 Å². The molecule has 3 rings (SSSR count). The van der Waals surface area contributed by atoms with Crippen molar-refractivity contribution in [3.63, 3.8) is 0 Å². The summed E-state index contributed by atoms with van der Waals surface area (Å²) in [6.45, 7) is 2.50. The van der Waals surface area contributed by atoms with Crippen LogP contribution in [0.3, 0.4) is 0 Å². The van der Waals surface area contributed by atoms with Crippen LogP contribution in [0.1, 0.15) is 37.7 Å². The van der Waals surface area contributed by atoms with Gasteiger partial charge in [0.15, 0.2) is 11.5 Å². The number of aryl methyl sites for hydroxylation is 1. The molecular weight excluding hydrogens is 408 g/mol. The molecule has 0 aliphatic carbocycles. The molecule has 1 amide bonds. The van der Waals surface area contributed by atoms with E-state index in [0.29, 0.717) is 6.42 Å². The van der Waals surface area contributed by atoms with Gasteiger partial charge < -0.3 is 19.7 Å². The van der Waals surface area contributed by atoms with E-state index in [1.54, 1.807) is 14.2 Å². The molecule has 0 fully saturated rings. The number of hydrogen-bond donors (Lipinski definition) is 1. The van der Waals surface area contributed by atoms with Crippen LogP contribution in [0.2, 0.25) is 0 Å². The highest BCUT2D eigenvalue weighted by atomic mass is 32.2. The van der Waals surface area contributed by atoms with E-state index >= 15 is 0 Å². The van der Waals surface area contributed by atoms with Gasteiger partial charge >= 0.3 is 0 Å². The second-order valence-electron chi connectivity index (χ2n) is 7.72. The zero-order valence-corrected chi connectivity index (χ0v) is 19.5. The van der Waals surface area contributed by atoms with Gasteiger partial charge in [-0.25, -0.2) is 0 Å². The number of hydrogen-bond acceptors (Lipinski definition) is 5. The van der Waals surface area contributed by atoms with Gasteiger partial charge in [-0.2, -0.15) is 0 Å². The normalized spacial score (nSPS) is 13.4. The van der Waals surface area contributed by atoms with Crippen LogP contribution in [0.4, 0.5) is 5.69 Å². The minimum Gasteiger partial charge on any atom is -0.493 e. The first-order chi connectivity index (χ1) is 15.2. The van der Waals surface area contributed by atoms with Crippen LogP contribution in [0.15, 0.2) is 47.4 Å². The summed E-state index contributed by atoms with van der Waals surface area (Å²) in [7, 11) is 3.33. The van der Waals surface area contributed by atoms with Crippen LogP contribution in [-0.2, 0) is 11.2 Å². The molecule has 0 spiro atoms. The number of ether oxygens (including phenoxy) is 2. The van der Waals surface area contributed by atoms with Crippen molar-refractivity contribution in [2.24, 2.45) is 0 Å². The van der Waals surface area contributed by atoms with Crippen molar-refractivity contribution in [2.45, 2.75) is 43.4 Å². The van der Waals surface area contributed by atoms with Crippen molar-refractivity contribution in [3.8, 4) is 11.5 Å². The minimum atomic E-state index is 0.218. The van der Waals surface area contributed by atoms with Gasteiger partial charge in [-0.1, -0.05) is 24.6 Å². The number of fused-ring (bicyclic) bond motifs is 1. The quantitative estimate of drug-likeness (QED) is 0.500. The van der Waals surface area contributed by atoms with Crippen molar-refractivity contribution in [1.82, 2.24) is 5.32 Å². The first kappa shape index (κ1) is 23.5. The van der Waals surface area contributed by atoms with E-state index < -0.39 is 0 Å². The molecule has 0 aromatic heterocycles. The van der Waals surface area contributed by atoms with Crippen molar-refractivity contribution in [2.75, 3.05) is 44.5 Å². The van der Waals surface area contributed by atoms with Crippen molar-refractivity contribution in [1.29, 1.82) is 0 Å². The molecule has 2 aromatic carbocycles. The fourth-order valence-electron chi connectivity index (χ4n) is 3.83. The predicted molar refractivity (Wildman–Crippen MR) is 129 cm³/mol. The first-order valence-corrected chi connectivity index (χ1v) is 12.2. The molecule has 6 heteroatoms. The summed E-state index contributed by atoms with van der Waals surface area (Å²) in [4.78, 5) is 16.0. The summed E-state index contributed by atoms with van der Waals surface area (Å²) in [6.07, 6.45) is 6.03. The van der Waals surface area contributed by atoms with Crippen LogP contribution in [0.5, 0.6) is 11.5 Å². The highest BCUT2D eigenvalue weighted by molar-refractivity contribution is 7.99. The Kier molecular flexibility index (Phi) is 9.56. The number of carbonyl (C=O) groups is 1. The van der Waals surface area contributed by atoms with E-state index in [0.717, 1.165) is 74.7 Å². The van der Waals surface area contributed by atoms with Gasteiger partial charge in [0.1, 0.15) is 0 Å². The van der Waals surface area contributed by atoms with Crippen LogP contribution in [0, 0.1) is 0 Å². The average Bonchev–Trinajstić information content (AvgIpc) is 3.03. The van der Waals surface area contributed by atoms with Gasteiger partial charge in [0, 0.05) is 24.4 Å². The number of thioether (sulfide) groups is 1. The van der Waals surface area contributed by atoms with Crippen LogP contribution >= 0.6 is 11.8 Å². The predicted octanol–water partition coefficient (Wildman–Crippen LogP) is 4.93. The molecule has 5 nitrogen and oxygen atoms in total. The average molecular weight is 443 g/mol. The molecule has 1 aliphatic heterocycles. The molecule has 0 saturated heterocycles. The van der Waals surface area contributed by atoms with Crippen molar-refractivity contribution in [3.05, 3.63) is 48.0 Å². The lowest BCUT2D eigenvalue weighted by molar-refractivity contribution is -0.118. The summed E-state index contributed by atoms with van der Waals surface area (Å²) >= 11 is 1.85. The lowest BCUT2D eigenvalue weighted by Gasteiger charge is -2.22. The highest BCUT2D eigenvalue weighted by Crippen LogP contribution is 2.33. The Morgan fingerprint density at radius 3 is 2.71 bits per heavy atom. The number of unbranched alkanes of at least 4 members (excludes halogenated alkanes) is 2. The number of amides is 1. The molecule has 1 N–H and O–H groups in total. The third-order valence-corrected chi connectivity index (χ3v) is 6.67. The molecule has 31 heavy (non-hydrogen) atoms.